The number of hydrogen-bond donors (Lipinski definition) is 1. The van der Waals surface area contributed by atoms with Crippen LogP contribution < -0.4 is 0 Å². The number of rotatable bonds is 2. The molecule has 3 nitrogen and oxygen atoms in total. The molecule has 2 unspecified atom stereocenters. The lowest BCUT2D eigenvalue weighted by Gasteiger charge is -2.28. The smallest absolute Gasteiger partial charge is 0.162 e. The Morgan fingerprint density at radius 2 is 2.50 bits per heavy atom. The standard InChI is InChI=1S/C7H14O3/c1-9-7-6(5-8)3-2-4-10-7/h6-8H,2-5H2,1H3. The van der Waals surface area contributed by atoms with Gasteiger partial charge in [-0.25, -0.2) is 0 Å². The second kappa shape index (κ2) is 3.91. The minimum Gasteiger partial charge on any atom is -0.396 e. The van der Waals surface area contributed by atoms with Crippen LogP contribution in [0.3, 0.4) is 0 Å². The van der Waals surface area contributed by atoms with E-state index in [1.165, 1.54) is 0 Å². The van der Waals surface area contributed by atoms with Gasteiger partial charge in [0, 0.05) is 19.6 Å². The molecule has 1 saturated heterocycles. The van der Waals surface area contributed by atoms with Gasteiger partial charge in [0.25, 0.3) is 0 Å². The molecule has 60 valence electrons. The van der Waals surface area contributed by atoms with E-state index in [9.17, 15) is 0 Å². The Balaban J connectivity index is 2.34. The van der Waals surface area contributed by atoms with Crippen molar-refractivity contribution in [2.75, 3.05) is 20.3 Å². The van der Waals surface area contributed by atoms with Crippen LogP contribution in [0.4, 0.5) is 0 Å². The highest BCUT2D eigenvalue weighted by Gasteiger charge is 2.24. The first-order valence-electron chi connectivity index (χ1n) is 3.63. The molecule has 0 aromatic heterocycles. The van der Waals surface area contributed by atoms with Gasteiger partial charge >= 0.3 is 0 Å². The van der Waals surface area contributed by atoms with E-state index in [4.69, 9.17) is 14.6 Å². The highest BCUT2D eigenvalue weighted by Crippen LogP contribution is 2.20. The summed E-state index contributed by atoms with van der Waals surface area (Å²) < 4.78 is 10.3. The predicted molar refractivity (Wildman–Crippen MR) is 36.6 cm³/mol. The molecule has 0 aromatic rings. The summed E-state index contributed by atoms with van der Waals surface area (Å²) in [6, 6.07) is 0. The van der Waals surface area contributed by atoms with E-state index in [0.717, 1.165) is 19.4 Å². The van der Waals surface area contributed by atoms with Gasteiger partial charge in [0.15, 0.2) is 6.29 Å². The summed E-state index contributed by atoms with van der Waals surface area (Å²) >= 11 is 0. The van der Waals surface area contributed by atoms with E-state index in [2.05, 4.69) is 0 Å². The number of aliphatic hydroxyl groups is 1. The third kappa shape index (κ3) is 1.68. The summed E-state index contributed by atoms with van der Waals surface area (Å²) in [5.74, 6) is 0.179. The van der Waals surface area contributed by atoms with Crippen molar-refractivity contribution in [2.45, 2.75) is 19.1 Å². The second-order valence-corrected chi connectivity index (χ2v) is 2.56. The Morgan fingerprint density at radius 1 is 1.70 bits per heavy atom. The summed E-state index contributed by atoms with van der Waals surface area (Å²) in [5, 5.41) is 8.83. The van der Waals surface area contributed by atoms with Crippen LogP contribution in [0.1, 0.15) is 12.8 Å². The van der Waals surface area contributed by atoms with Crippen LogP contribution in [0.5, 0.6) is 0 Å². The maximum absolute atomic E-state index is 8.83. The van der Waals surface area contributed by atoms with Crippen LogP contribution in [0, 0.1) is 5.92 Å². The molecule has 2 atom stereocenters. The average molecular weight is 146 g/mol. The Morgan fingerprint density at radius 3 is 3.00 bits per heavy atom. The molecular weight excluding hydrogens is 132 g/mol. The number of hydrogen-bond acceptors (Lipinski definition) is 3. The Kier molecular flexibility index (Phi) is 3.12. The topological polar surface area (TPSA) is 38.7 Å². The van der Waals surface area contributed by atoms with Crippen molar-refractivity contribution in [3.8, 4) is 0 Å². The third-order valence-electron chi connectivity index (χ3n) is 1.85. The summed E-state index contributed by atoms with van der Waals surface area (Å²) in [6.07, 6.45) is 1.86. The predicted octanol–water partition coefficient (Wildman–Crippen LogP) is 0.378. The first-order chi connectivity index (χ1) is 4.88. The fourth-order valence-electron chi connectivity index (χ4n) is 1.26. The van der Waals surface area contributed by atoms with Crippen LogP contribution >= 0.6 is 0 Å². The molecule has 1 heterocycles. The minimum atomic E-state index is -0.182. The fraction of sp³-hybridized carbons (Fsp3) is 1.00. The van der Waals surface area contributed by atoms with Crippen molar-refractivity contribution in [3.63, 3.8) is 0 Å². The summed E-state index contributed by atoms with van der Waals surface area (Å²) in [7, 11) is 1.61. The molecule has 3 heteroatoms. The van der Waals surface area contributed by atoms with Gasteiger partial charge in [-0.3, -0.25) is 0 Å². The molecule has 1 aliphatic rings. The van der Waals surface area contributed by atoms with Gasteiger partial charge in [-0.1, -0.05) is 0 Å². The summed E-state index contributed by atoms with van der Waals surface area (Å²) in [4.78, 5) is 0. The van der Waals surface area contributed by atoms with Crippen LogP contribution in [0.2, 0.25) is 0 Å². The van der Waals surface area contributed by atoms with Crippen LogP contribution in [0.15, 0.2) is 0 Å². The maximum atomic E-state index is 8.83. The van der Waals surface area contributed by atoms with E-state index >= 15 is 0 Å². The maximum Gasteiger partial charge on any atom is 0.162 e. The molecule has 1 rings (SSSR count). The molecule has 0 amide bonds. The van der Waals surface area contributed by atoms with Gasteiger partial charge in [-0.15, -0.1) is 0 Å². The fourth-order valence-corrected chi connectivity index (χ4v) is 1.26. The molecule has 0 bridgehead atoms. The molecule has 0 aliphatic carbocycles. The Hall–Kier alpha value is -0.120. The van der Waals surface area contributed by atoms with E-state index in [0.29, 0.717) is 0 Å². The van der Waals surface area contributed by atoms with Crippen molar-refractivity contribution < 1.29 is 14.6 Å². The van der Waals surface area contributed by atoms with E-state index in [-0.39, 0.29) is 18.8 Å². The normalized spacial score (nSPS) is 34.2. The molecule has 0 spiro atoms. The number of methoxy groups -OCH3 is 1. The van der Waals surface area contributed by atoms with Gasteiger partial charge in [-0.05, 0) is 12.8 Å². The lowest BCUT2D eigenvalue weighted by Crippen LogP contribution is -2.33. The van der Waals surface area contributed by atoms with Crippen molar-refractivity contribution in [2.24, 2.45) is 5.92 Å². The molecule has 1 aliphatic heterocycles. The number of aliphatic hydroxyl groups excluding tert-OH is 1. The summed E-state index contributed by atoms with van der Waals surface area (Å²) in [6.45, 7) is 0.924. The lowest BCUT2D eigenvalue weighted by atomic mass is 10.0. The highest BCUT2D eigenvalue weighted by molar-refractivity contribution is 4.66. The average Bonchev–Trinajstić information content (AvgIpc) is 2.04. The van der Waals surface area contributed by atoms with Gasteiger partial charge in [0.2, 0.25) is 0 Å². The van der Waals surface area contributed by atoms with Crippen LogP contribution in [-0.2, 0) is 9.47 Å². The molecule has 1 N–H and O–H groups in total. The minimum absolute atomic E-state index is 0.165. The molecule has 0 saturated carbocycles. The van der Waals surface area contributed by atoms with Crippen molar-refractivity contribution >= 4 is 0 Å². The molecule has 1 fully saturated rings. The molecule has 0 radical (unpaired) electrons. The second-order valence-electron chi connectivity index (χ2n) is 2.56. The van der Waals surface area contributed by atoms with Crippen molar-refractivity contribution in [3.05, 3.63) is 0 Å². The summed E-state index contributed by atoms with van der Waals surface area (Å²) in [5.41, 5.74) is 0. The van der Waals surface area contributed by atoms with E-state index < -0.39 is 0 Å². The molecule has 0 aromatic carbocycles. The monoisotopic (exact) mass is 146 g/mol. The Labute approximate surface area is 60.9 Å². The van der Waals surface area contributed by atoms with Crippen molar-refractivity contribution in [1.82, 2.24) is 0 Å². The largest absolute Gasteiger partial charge is 0.396 e. The number of ether oxygens (including phenoxy) is 2. The zero-order valence-corrected chi connectivity index (χ0v) is 6.25. The highest BCUT2D eigenvalue weighted by atomic mass is 16.7. The quantitative estimate of drug-likeness (QED) is 0.612. The van der Waals surface area contributed by atoms with Gasteiger partial charge < -0.3 is 14.6 Å². The molecule has 10 heavy (non-hydrogen) atoms. The first-order valence-corrected chi connectivity index (χ1v) is 3.63. The van der Waals surface area contributed by atoms with Crippen molar-refractivity contribution in [1.29, 1.82) is 0 Å². The first kappa shape index (κ1) is 7.98. The van der Waals surface area contributed by atoms with Crippen LogP contribution in [0.25, 0.3) is 0 Å². The van der Waals surface area contributed by atoms with E-state index in [1.807, 2.05) is 0 Å². The Bertz CT molecular complexity index is 82.9. The van der Waals surface area contributed by atoms with Gasteiger partial charge in [0.05, 0.1) is 6.61 Å². The van der Waals surface area contributed by atoms with E-state index in [1.54, 1.807) is 7.11 Å². The van der Waals surface area contributed by atoms with Gasteiger partial charge in [0.1, 0.15) is 0 Å². The zero-order valence-electron chi connectivity index (χ0n) is 6.25. The zero-order chi connectivity index (χ0) is 7.40. The molecular formula is C7H14O3. The lowest BCUT2D eigenvalue weighted by molar-refractivity contribution is -0.184. The SMILES string of the molecule is COC1OCCCC1CO. The van der Waals surface area contributed by atoms with Crippen LogP contribution in [-0.4, -0.2) is 31.7 Å². The van der Waals surface area contributed by atoms with Gasteiger partial charge in [-0.2, -0.15) is 0 Å². The third-order valence-corrected chi connectivity index (χ3v) is 1.85.